The number of carbonyl (C=O) groups excluding carboxylic acids is 1. The molecule has 0 spiro atoms. The Kier molecular flexibility index (Phi) is 5.24. The minimum Gasteiger partial charge on any atom is -0.298 e. The van der Waals surface area contributed by atoms with Gasteiger partial charge in [0.05, 0.1) is 15.5 Å². The monoisotopic (exact) mass is 391 g/mol. The van der Waals surface area contributed by atoms with E-state index in [0.717, 1.165) is 16.5 Å². The first-order chi connectivity index (χ1) is 12.4. The Hall–Kier alpha value is -2.84. The van der Waals surface area contributed by atoms with E-state index < -0.39 is 10.8 Å². The van der Waals surface area contributed by atoms with Gasteiger partial charge in [0.25, 0.3) is 11.6 Å². The summed E-state index contributed by atoms with van der Waals surface area (Å²) in [6.45, 7) is 0. The van der Waals surface area contributed by atoms with Crippen molar-refractivity contribution in [2.75, 3.05) is 5.32 Å². The van der Waals surface area contributed by atoms with Gasteiger partial charge >= 0.3 is 0 Å². The third-order valence-corrected chi connectivity index (χ3v) is 4.70. The zero-order valence-electron chi connectivity index (χ0n) is 13.1. The third kappa shape index (κ3) is 4.22. The molecule has 0 atom stereocenters. The van der Waals surface area contributed by atoms with Gasteiger partial charge in [-0.25, -0.2) is 9.37 Å². The third-order valence-electron chi connectivity index (χ3n) is 3.47. The van der Waals surface area contributed by atoms with Crippen molar-refractivity contribution in [2.45, 2.75) is 6.42 Å². The summed E-state index contributed by atoms with van der Waals surface area (Å²) in [6, 6.07) is 9.77. The topological polar surface area (TPSA) is 85.1 Å². The van der Waals surface area contributed by atoms with Crippen LogP contribution in [0.2, 0.25) is 5.02 Å². The normalized spacial score (nSPS) is 10.5. The Labute approximate surface area is 156 Å². The van der Waals surface area contributed by atoms with Crippen LogP contribution in [-0.2, 0) is 6.42 Å². The fourth-order valence-corrected chi connectivity index (χ4v) is 3.32. The van der Waals surface area contributed by atoms with E-state index in [-0.39, 0.29) is 22.1 Å². The predicted molar refractivity (Wildman–Crippen MR) is 97.4 cm³/mol. The summed E-state index contributed by atoms with van der Waals surface area (Å²) >= 11 is 7.23. The summed E-state index contributed by atoms with van der Waals surface area (Å²) in [5.74, 6) is -0.807. The lowest BCUT2D eigenvalue weighted by Crippen LogP contribution is -2.12. The van der Waals surface area contributed by atoms with Crippen LogP contribution in [0.3, 0.4) is 0 Å². The number of anilines is 1. The minimum atomic E-state index is -0.587. The fraction of sp³-hybridized carbons (Fsp3) is 0.0588. The molecule has 0 aliphatic carbocycles. The summed E-state index contributed by atoms with van der Waals surface area (Å²) in [6.07, 6.45) is 2.19. The maximum Gasteiger partial charge on any atom is 0.270 e. The van der Waals surface area contributed by atoms with Crippen LogP contribution in [0.5, 0.6) is 0 Å². The molecule has 9 heteroatoms. The van der Waals surface area contributed by atoms with E-state index in [1.807, 2.05) is 0 Å². The van der Waals surface area contributed by atoms with Gasteiger partial charge in [0.15, 0.2) is 5.13 Å². The maximum absolute atomic E-state index is 12.9. The van der Waals surface area contributed by atoms with Gasteiger partial charge < -0.3 is 0 Å². The number of thiazole rings is 1. The van der Waals surface area contributed by atoms with Gasteiger partial charge in [0.2, 0.25) is 0 Å². The Balaban J connectivity index is 1.69. The van der Waals surface area contributed by atoms with Crippen molar-refractivity contribution < 1.29 is 14.1 Å². The van der Waals surface area contributed by atoms with Gasteiger partial charge in [-0.05, 0) is 23.8 Å². The van der Waals surface area contributed by atoms with E-state index in [1.165, 1.54) is 35.6 Å². The van der Waals surface area contributed by atoms with E-state index in [9.17, 15) is 19.3 Å². The molecule has 1 heterocycles. The number of carbonyl (C=O) groups is 1. The highest BCUT2D eigenvalue weighted by atomic mass is 35.5. The highest BCUT2D eigenvalue weighted by molar-refractivity contribution is 7.15. The highest BCUT2D eigenvalue weighted by Crippen LogP contribution is 2.25. The summed E-state index contributed by atoms with van der Waals surface area (Å²) in [4.78, 5) is 27.4. The molecule has 0 fully saturated rings. The van der Waals surface area contributed by atoms with E-state index in [1.54, 1.807) is 18.3 Å². The van der Waals surface area contributed by atoms with E-state index in [0.29, 0.717) is 11.6 Å². The molecular formula is C17H11ClFN3O3S. The van der Waals surface area contributed by atoms with Crippen LogP contribution in [0.1, 0.15) is 20.8 Å². The number of halogens is 2. The van der Waals surface area contributed by atoms with Gasteiger partial charge in [0.1, 0.15) is 5.82 Å². The van der Waals surface area contributed by atoms with Crippen molar-refractivity contribution in [2.24, 2.45) is 0 Å². The standard InChI is InChI=1S/C17H11ClFN3O3S/c18-15-8-12(22(24)25)5-6-14(15)16(23)21-17-20-9-13(26-17)7-10-1-3-11(19)4-2-10/h1-6,8-9H,7H2,(H,20,21,23). The quantitative estimate of drug-likeness (QED) is 0.505. The molecule has 6 nitrogen and oxygen atoms in total. The lowest BCUT2D eigenvalue weighted by molar-refractivity contribution is -0.384. The molecule has 1 amide bonds. The smallest absolute Gasteiger partial charge is 0.270 e. The van der Waals surface area contributed by atoms with Crippen LogP contribution in [-0.4, -0.2) is 15.8 Å². The number of benzene rings is 2. The zero-order chi connectivity index (χ0) is 18.7. The molecule has 0 saturated heterocycles. The molecular weight excluding hydrogens is 381 g/mol. The molecule has 0 saturated carbocycles. The van der Waals surface area contributed by atoms with Crippen LogP contribution in [0, 0.1) is 15.9 Å². The predicted octanol–water partition coefficient (Wildman–Crippen LogP) is 4.69. The van der Waals surface area contributed by atoms with Crippen LogP contribution >= 0.6 is 22.9 Å². The number of non-ortho nitro benzene ring substituents is 1. The van der Waals surface area contributed by atoms with Crippen molar-refractivity contribution in [3.63, 3.8) is 0 Å². The van der Waals surface area contributed by atoms with Crippen LogP contribution < -0.4 is 5.32 Å². The number of nitro groups is 1. The second-order valence-corrected chi connectivity index (χ2v) is 6.83. The largest absolute Gasteiger partial charge is 0.298 e. The average Bonchev–Trinajstić information content (AvgIpc) is 3.03. The number of nitro benzene ring substituents is 1. The zero-order valence-corrected chi connectivity index (χ0v) is 14.7. The van der Waals surface area contributed by atoms with Crippen molar-refractivity contribution in [3.8, 4) is 0 Å². The van der Waals surface area contributed by atoms with Gasteiger partial charge in [-0.15, -0.1) is 11.3 Å². The summed E-state index contributed by atoms with van der Waals surface area (Å²) in [7, 11) is 0. The van der Waals surface area contributed by atoms with Crippen molar-refractivity contribution in [1.82, 2.24) is 4.98 Å². The van der Waals surface area contributed by atoms with Crippen molar-refractivity contribution >= 4 is 39.7 Å². The fourth-order valence-electron chi connectivity index (χ4n) is 2.22. The Morgan fingerprint density at radius 2 is 2.00 bits per heavy atom. The second-order valence-electron chi connectivity index (χ2n) is 5.31. The molecule has 3 aromatic rings. The molecule has 0 bridgehead atoms. The van der Waals surface area contributed by atoms with Crippen molar-refractivity contribution in [3.05, 3.63) is 85.6 Å². The number of nitrogens with one attached hydrogen (secondary N) is 1. The lowest BCUT2D eigenvalue weighted by atomic mass is 10.1. The Bertz CT molecular complexity index is 976. The Morgan fingerprint density at radius 1 is 1.27 bits per heavy atom. The molecule has 0 aliphatic heterocycles. The molecule has 3 rings (SSSR count). The maximum atomic E-state index is 12.9. The number of nitrogens with zero attached hydrogens (tertiary/aromatic N) is 2. The van der Waals surface area contributed by atoms with Crippen LogP contribution in [0.15, 0.2) is 48.7 Å². The molecule has 0 unspecified atom stereocenters. The number of amides is 1. The summed E-state index contributed by atoms with van der Waals surface area (Å²) < 4.78 is 12.9. The number of rotatable bonds is 5. The summed E-state index contributed by atoms with van der Waals surface area (Å²) in [5.41, 5.74) is 0.848. The van der Waals surface area contributed by atoms with Crippen LogP contribution in [0.25, 0.3) is 0 Å². The first-order valence-corrected chi connectivity index (χ1v) is 8.56. The van der Waals surface area contributed by atoms with Gasteiger partial charge in [-0.1, -0.05) is 23.7 Å². The molecule has 0 radical (unpaired) electrons. The first-order valence-electron chi connectivity index (χ1n) is 7.37. The van der Waals surface area contributed by atoms with Gasteiger partial charge in [-0.3, -0.25) is 20.2 Å². The van der Waals surface area contributed by atoms with E-state index >= 15 is 0 Å². The molecule has 2 aromatic carbocycles. The minimum absolute atomic E-state index is 0.0141. The van der Waals surface area contributed by atoms with Gasteiger partial charge in [0, 0.05) is 29.6 Å². The number of aromatic nitrogens is 1. The molecule has 0 aliphatic rings. The number of hydrogen-bond acceptors (Lipinski definition) is 5. The SMILES string of the molecule is O=C(Nc1ncc(Cc2ccc(F)cc2)s1)c1ccc([N+](=O)[O-])cc1Cl. The van der Waals surface area contributed by atoms with E-state index in [4.69, 9.17) is 11.6 Å². The number of hydrogen-bond donors (Lipinski definition) is 1. The average molecular weight is 392 g/mol. The first kappa shape index (κ1) is 18.0. The van der Waals surface area contributed by atoms with Crippen LogP contribution in [0.4, 0.5) is 15.2 Å². The lowest BCUT2D eigenvalue weighted by Gasteiger charge is -2.04. The molecule has 1 N–H and O–H groups in total. The van der Waals surface area contributed by atoms with E-state index in [2.05, 4.69) is 10.3 Å². The molecule has 132 valence electrons. The second kappa shape index (κ2) is 7.59. The Morgan fingerprint density at radius 3 is 2.65 bits per heavy atom. The molecule has 1 aromatic heterocycles. The highest BCUT2D eigenvalue weighted by Gasteiger charge is 2.16. The van der Waals surface area contributed by atoms with Crippen molar-refractivity contribution in [1.29, 1.82) is 0 Å². The summed E-state index contributed by atoms with van der Waals surface area (Å²) in [5, 5.41) is 13.7. The van der Waals surface area contributed by atoms with Gasteiger partial charge in [-0.2, -0.15) is 0 Å². The molecule has 26 heavy (non-hydrogen) atoms.